The molecule has 3 aromatic rings. The quantitative estimate of drug-likeness (QED) is 0.735. The van der Waals surface area contributed by atoms with Gasteiger partial charge in [0.15, 0.2) is 0 Å². The molecule has 0 saturated carbocycles. The minimum Gasteiger partial charge on any atom is -0.299 e. The van der Waals surface area contributed by atoms with Crippen LogP contribution in [0.15, 0.2) is 43.2 Å². The second-order valence-corrected chi connectivity index (χ2v) is 6.96. The molecule has 3 heterocycles. The molecule has 4 rings (SSSR count). The van der Waals surface area contributed by atoms with E-state index >= 15 is 0 Å². The van der Waals surface area contributed by atoms with E-state index in [0.717, 1.165) is 25.3 Å². The van der Waals surface area contributed by atoms with E-state index in [1.807, 2.05) is 22.6 Å². The standard InChI is InChI=1S/C19H24N6/c1-15-9-16(3-4-19(15)25-14-20-13-22-25)11-24-7-5-17(6-8-24)18-10-21-23(2)12-18/h3-4,9-10,12-14,17H,5-8,11H2,1-2H3. The topological polar surface area (TPSA) is 51.8 Å². The Morgan fingerprint density at radius 3 is 2.64 bits per heavy atom. The smallest absolute Gasteiger partial charge is 0.138 e. The van der Waals surface area contributed by atoms with Gasteiger partial charge < -0.3 is 0 Å². The molecular formula is C19H24N6. The number of rotatable bonds is 4. The van der Waals surface area contributed by atoms with Gasteiger partial charge in [0, 0.05) is 19.8 Å². The van der Waals surface area contributed by atoms with Crippen molar-refractivity contribution in [3.63, 3.8) is 0 Å². The molecule has 2 aromatic heterocycles. The van der Waals surface area contributed by atoms with Crippen molar-refractivity contribution in [2.45, 2.75) is 32.2 Å². The molecule has 0 N–H and O–H groups in total. The fourth-order valence-corrected chi connectivity index (χ4v) is 3.74. The van der Waals surface area contributed by atoms with Crippen LogP contribution in [0.5, 0.6) is 0 Å². The van der Waals surface area contributed by atoms with Crippen LogP contribution in [0.25, 0.3) is 5.69 Å². The molecule has 0 radical (unpaired) electrons. The van der Waals surface area contributed by atoms with Crippen molar-refractivity contribution < 1.29 is 0 Å². The van der Waals surface area contributed by atoms with E-state index in [1.54, 1.807) is 12.7 Å². The molecule has 0 spiro atoms. The van der Waals surface area contributed by atoms with Gasteiger partial charge in [0.25, 0.3) is 0 Å². The lowest BCUT2D eigenvalue weighted by Gasteiger charge is -2.31. The van der Waals surface area contributed by atoms with Crippen molar-refractivity contribution in [1.82, 2.24) is 29.4 Å². The Balaban J connectivity index is 1.38. The number of benzene rings is 1. The molecule has 0 bridgehead atoms. The zero-order chi connectivity index (χ0) is 17.2. The molecule has 1 aliphatic rings. The predicted molar refractivity (Wildman–Crippen MR) is 96.6 cm³/mol. The Kier molecular flexibility index (Phi) is 4.36. The fraction of sp³-hybridized carbons (Fsp3) is 0.421. The van der Waals surface area contributed by atoms with Gasteiger partial charge in [-0.25, -0.2) is 9.67 Å². The summed E-state index contributed by atoms with van der Waals surface area (Å²) in [5.74, 6) is 0.654. The number of hydrogen-bond donors (Lipinski definition) is 0. The van der Waals surface area contributed by atoms with Crippen molar-refractivity contribution in [3.05, 3.63) is 59.9 Å². The zero-order valence-corrected chi connectivity index (χ0v) is 14.8. The molecule has 1 fully saturated rings. The maximum absolute atomic E-state index is 4.31. The van der Waals surface area contributed by atoms with E-state index in [1.165, 1.54) is 29.5 Å². The van der Waals surface area contributed by atoms with Gasteiger partial charge in [-0.1, -0.05) is 12.1 Å². The zero-order valence-electron chi connectivity index (χ0n) is 14.8. The largest absolute Gasteiger partial charge is 0.299 e. The number of aromatic nitrogens is 5. The maximum atomic E-state index is 4.31. The summed E-state index contributed by atoms with van der Waals surface area (Å²) in [4.78, 5) is 6.58. The highest BCUT2D eigenvalue weighted by molar-refractivity contribution is 5.41. The molecule has 0 atom stereocenters. The monoisotopic (exact) mass is 336 g/mol. The van der Waals surface area contributed by atoms with Gasteiger partial charge >= 0.3 is 0 Å². The third kappa shape index (κ3) is 3.49. The summed E-state index contributed by atoms with van der Waals surface area (Å²) in [6.45, 7) is 5.43. The van der Waals surface area contributed by atoms with Crippen molar-refractivity contribution in [2.24, 2.45) is 7.05 Å². The molecule has 0 amide bonds. The van der Waals surface area contributed by atoms with Crippen LogP contribution in [-0.4, -0.2) is 42.5 Å². The average molecular weight is 336 g/mol. The highest BCUT2D eigenvalue weighted by atomic mass is 15.3. The lowest BCUT2D eigenvalue weighted by molar-refractivity contribution is 0.204. The predicted octanol–water partition coefficient (Wildman–Crippen LogP) is 2.69. The molecule has 1 aromatic carbocycles. The summed E-state index contributed by atoms with van der Waals surface area (Å²) < 4.78 is 3.72. The van der Waals surface area contributed by atoms with Gasteiger partial charge in [-0.05, 0) is 61.5 Å². The van der Waals surface area contributed by atoms with Gasteiger partial charge in [0.1, 0.15) is 12.7 Å². The summed E-state index contributed by atoms with van der Waals surface area (Å²) in [5.41, 5.74) is 5.07. The minimum absolute atomic E-state index is 0.654. The first-order valence-electron chi connectivity index (χ1n) is 8.84. The van der Waals surface area contributed by atoms with E-state index in [-0.39, 0.29) is 0 Å². The molecule has 1 saturated heterocycles. The van der Waals surface area contributed by atoms with Crippen LogP contribution < -0.4 is 0 Å². The van der Waals surface area contributed by atoms with E-state index in [4.69, 9.17) is 0 Å². The number of piperidine rings is 1. The van der Waals surface area contributed by atoms with Crippen LogP contribution in [0.4, 0.5) is 0 Å². The molecule has 6 nitrogen and oxygen atoms in total. The Labute approximate surface area is 148 Å². The van der Waals surface area contributed by atoms with Crippen LogP contribution in [0.2, 0.25) is 0 Å². The second-order valence-electron chi connectivity index (χ2n) is 6.96. The first-order valence-corrected chi connectivity index (χ1v) is 8.84. The maximum Gasteiger partial charge on any atom is 0.138 e. The summed E-state index contributed by atoms with van der Waals surface area (Å²) in [7, 11) is 1.99. The van der Waals surface area contributed by atoms with Crippen LogP contribution >= 0.6 is 0 Å². The van der Waals surface area contributed by atoms with Gasteiger partial charge in [-0.15, -0.1) is 0 Å². The van der Waals surface area contributed by atoms with Gasteiger partial charge in [0.2, 0.25) is 0 Å². The average Bonchev–Trinajstić information content (AvgIpc) is 3.28. The summed E-state index contributed by atoms with van der Waals surface area (Å²) >= 11 is 0. The first kappa shape index (κ1) is 16.0. The highest BCUT2D eigenvalue weighted by Gasteiger charge is 2.21. The lowest BCUT2D eigenvalue weighted by Crippen LogP contribution is -2.32. The lowest BCUT2D eigenvalue weighted by atomic mass is 9.91. The molecule has 0 aliphatic carbocycles. The van der Waals surface area contributed by atoms with Crippen LogP contribution in [0, 0.1) is 6.92 Å². The van der Waals surface area contributed by atoms with Crippen molar-refractivity contribution in [1.29, 1.82) is 0 Å². The van der Waals surface area contributed by atoms with E-state index in [2.05, 4.69) is 51.4 Å². The van der Waals surface area contributed by atoms with E-state index in [9.17, 15) is 0 Å². The summed E-state index contributed by atoms with van der Waals surface area (Å²) in [6, 6.07) is 6.61. The minimum atomic E-state index is 0.654. The van der Waals surface area contributed by atoms with Crippen molar-refractivity contribution in [2.75, 3.05) is 13.1 Å². The molecule has 0 unspecified atom stereocenters. The molecule has 1 aliphatic heterocycles. The second kappa shape index (κ2) is 6.80. The van der Waals surface area contributed by atoms with Gasteiger partial charge in [-0.3, -0.25) is 9.58 Å². The summed E-state index contributed by atoms with van der Waals surface area (Å²) in [5, 5.41) is 8.53. The Morgan fingerprint density at radius 1 is 1.16 bits per heavy atom. The van der Waals surface area contributed by atoms with Crippen LogP contribution in [0.1, 0.15) is 35.4 Å². The summed E-state index contributed by atoms with van der Waals surface area (Å²) in [6.07, 6.45) is 9.91. The number of aryl methyl sites for hydroxylation is 2. The number of nitrogens with zero attached hydrogens (tertiary/aromatic N) is 6. The van der Waals surface area contributed by atoms with Crippen LogP contribution in [0.3, 0.4) is 0 Å². The van der Waals surface area contributed by atoms with Crippen molar-refractivity contribution in [3.8, 4) is 5.69 Å². The van der Waals surface area contributed by atoms with E-state index < -0.39 is 0 Å². The van der Waals surface area contributed by atoms with Gasteiger partial charge in [-0.2, -0.15) is 10.2 Å². The third-order valence-corrected chi connectivity index (χ3v) is 5.12. The Bertz CT molecular complexity index is 827. The SMILES string of the molecule is Cc1cc(CN2CCC(c3cnn(C)c3)CC2)ccc1-n1cncn1. The van der Waals surface area contributed by atoms with Crippen molar-refractivity contribution >= 4 is 0 Å². The molecule has 130 valence electrons. The highest BCUT2D eigenvalue weighted by Crippen LogP contribution is 2.28. The Morgan fingerprint density at radius 2 is 2.00 bits per heavy atom. The number of likely N-dealkylation sites (tertiary alicyclic amines) is 1. The first-order chi connectivity index (χ1) is 12.2. The van der Waals surface area contributed by atoms with Crippen LogP contribution in [-0.2, 0) is 13.6 Å². The normalized spacial score (nSPS) is 16.4. The van der Waals surface area contributed by atoms with E-state index in [0.29, 0.717) is 5.92 Å². The van der Waals surface area contributed by atoms with Gasteiger partial charge in [0.05, 0.1) is 11.9 Å². The molecular weight excluding hydrogens is 312 g/mol. The third-order valence-electron chi connectivity index (χ3n) is 5.12. The molecule has 25 heavy (non-hydrogen) atoms. The Hall–Kier alpha value is -2.47. The number of hydrogen-bond acceptors (Lipinski definition) is 4. The fourth-order valence-electron chi connectivity index (χ4n) is 3.74. The molecule has 6 heteroatoms.